The predicted octanol–water partition coefficient (Wildman–Crippen LogP) is 3.59. The molecule has 0 aliphatic rings. The van der Waals surface area contributed by atoms with Crippen LogP contribution >= 0.6 is 11.6 Å². The number of hydrogen-bond acceptors (Lipinski definition) is 3. The molecule has 3 nitrogen and oxygen atoms in total. The molecule has 0 fully saturated rings. The predicted molar refractivity (Wildman–Crippen MR) is 63.8 cm³/mol. The van der Waals surface area contributed by atoms with Gasteiger partial charge in [-0.05, 0) is 26.0 Å². The highest BCUT2D eigenvalue weighted by Gasteiger charge is 2.31. The molecule has 18 heavy (non-hydrogen) atoms. The van der Waals surface area contributed by atoms with Crippen molar-refractivity contribution in [1.29, 1.82) is 0 Å². The van der Waals surface area contributed by atoms with Crippen molar-refractivity contribution in [3.05, 3.63) is 22.8 Å². The average molecular weight is 283 g/mol. The van der Waals surface area contributed by atoms with Crippen LogP contribution in [0.1, 0.15) is 19.4 Å². The lowest BCUT2D eigenvalue weighted by molar-refractivity contribution is -0.137. The van der Waals surface area contributed by atoms with Crippen LogP contribution in [0.4, 0.5) is 19.0 Å². The van der Waals surface area contributed by atoms with Gasteiger partial charge in [0.25, 0.3) is 0 Å². The maximum Gasteiger partial charge on any atom is 0.416 e. The maximum absolute atomic E-state index is 12.5. The van der Waals surface area contributed by atoms with Crippen LogP contribution in [-0.2, 0) is 10.9 Å². The van der Waals surface area contributed by atoms with Crippen LogP contribution in [0, 0.1) is 0 Å². The molecule has 0 amide bonds. The third-order valence-corrected chi connectivity index (χ3v) is 2.28. The Morgan fingerprint density at radius 3 is 2.67 bits per heavy atom. The van der Waals surface area contributed by atoms with Gasteiger partial charge in [0.05, 0.1) is 12.2 Å². The van der Waals surface area contributed by atoms with Crippen molar-refractivity contribution in [3.8, 4) is 0 Å². The lowest BCUT2D eigenvalue weighted by atomic mass is 10.2. The SMILES string of the molecule is CCOCC(C)Nc1cc(C(F)(F)F)cc(Cl)n1. The molecule has 0 spiro atoms. The molecule has 7 heteroatoms. The van der Waals surface area contributed by atoms with Gasteiger partial charge in [0, 0.05) is 12.6 Å². The van der Waals surface area contributed by atoms with Crippen LogP contribution < -0.4 is 5.32 Å². The fourth-order valence-corrected chi connectivity index (χ4v) is 1.53. The Bertz CT molecular complexity index is 398. The Hall–Kier alpha value is -1.01. The van der Waals surface area contributed by atoms with E-state index in [4.69, 9.17) is 16.3 Å². The summed E-state index contributed by atoms with van der Waals surface area (Å²) in [5.41, 5.74) is -0.825. The summed E-state index contributed by atoms with van der Waals surface area (Å²) in [5.74, 6) is 0.0852. The van der Waals surface area contributed by atoms with Crippen molar-refractivity contribution in [1.82, 2.24) is 4.98 Å². The molecule has 1 aromatic heterocycles. The molecule has 0 aliphatic carbocycles. The van der Waals surface area contributed by atoms with E-state index in [1.807, 2.05) is 6.92 Å². The summed E-state index contributed by atoms with van der Waals surface area (Å²) in [6, 6.07) is 1.56. The molecule has 0 bridgehead atoms. The number of alkyl halides is 3. The number of hydrogen-bond donors (Lipinski definition) is 1. The Balaban J connectivity index is 2.80. The third kappa shape index (κ3) is 4.70. The Morgan fingerprint density at radius 1 is 1.44 bits per heavy atom. The molecule has 1 aromatic rings. The second kappa shape index (κ2) is 6.24. The highest BCUT2D eigenvalue weighted by molar-refractivity contribution is 6.29. The van der Waals surface area contributed by atoms with E-state index in [0.717, 1.165) is 12.1 Å². The minimum absolute atomic E-state index is 0.0852. The van der Waals surface area contributed by atoms with Gasteiger partial charge in [-0.15, -0.1) is 0 Å². The summed E-state index contributed by atoms with van der Waals surface area (Å²) in [4.78, 5) is 3.79. The second-order valence-electron chi connectivity index (χ2n) is 3.77. The van der Waals surface area contributed by atoms with Gasteiger partial charge in [0.1, 0.15) is 11.0 Å². The molecule has 1 N–H and O–H groups in total. The molecule has 0 radical (unpaired) electrons. The van der Waals surface area contributed by atoms with E-state index in [1.54, 1.807) is 6.92 Å². The van der Waals surface area contributed by atoms with Gasteiger partial charge >= 0.3 is 6.18 Å². The Labute approximate surface area is 108 Å². The van der Waals surface area contributed by atoms with Crippen molar-refractivity contribution < 1.29 is 17.9 Å². The lowest BCUT2D eigenvalue weighted by Crippen LogP contribution is -2.22. The summed E-state index contributed by atoms with van der Waals surface area (Å²) >= 11 is 5.56. The number of nitrogens with one attached hydrogen (secondary N) is 1. The van der Waals surface area contributed by atoms with Crippen molar-refractivity contribution in [3.63, 3.8) is 0 Å². The first-order valence-corrected chi connectivity index (χ1v) is 5.79. The van der Waals surface area contributed by atoms with Gasteiger partial charge in [-0.25, -0.2) is 4.98 Å². The standard InChI is InChI=1S/C11H14ClF3N2O/c1-3-18-6-7(2)16-10-5-8(11(13,14)15)4-9(12)17-10/h4-5,7H,3,6H2,1-2H3,(H,16,17). The van der Waals surface area contributed by atoms with Crippen LogP contribution in [0.2, 0.25) is 5.15 Å². The van der Waals surface area contributed by atoms with Crippen LogP contribution in [-0.4, -0.2) is 24.2 Å². The van der Waals surface area contributed by atoms with E-state index < -0.39 is 11.7 Å². The smallest absolute Gasteiger partial charge is 0.380 e. The third-order valence-electron chi connectivity index (χ3n) is 2.09. The number of nitrogens with zero attached hydrogens (tertiary/aromatic N) is 1. The van der Waals surface area contributed by atoms with Crippen molar-refractivity contribution in [2.45, 2.75) is 26.1 Å². The zero-order valence-electron chi connectivity index (χ0n) is 10.0. The monoisotopic (exact) mass is 282 g/mol. The van der Waals surface area contributed by atoms with Crippen molar-refractivity contribution >= 4 is 17.4 Å². The zero-order chi connectivity index (χ0) is 13.8. The minimum atomic E-state index is -4.44. The molecule has 0 aliphatic heterocycles. The van der Waals surface area contributed by atoms with E-state index in [9.17, 15) is 13.2 Å². The van der Waals surface area contributed by atoms with E-state index in [0.29, 0.717) is 13.2 Å². The van der Waals surface area contributed by atoms with E-state index in [2.05, 4.69) is 10.3 Å². The molecular formula is C11H14ClF3N2O. The second-order valence-corrected chi connectivity index (χ2v) is 4.15. The number of halogens is 4. The van der Waals surface area contributed by atoms with Gasteiger partial charge in [-0.1, -0.05) is 11.6 Å². The molecule has 1 atom stereocenters. The summed E-state index contributed by atoms with van der Waals surface area (Å²) in [7, 11) is 0. The van der Waals surface area contributed by atoms with Crippen molar-refractivity contribution in [2.24, 2.45) is 0 Å². The number of aromatic nitrogens is 1. The van der Waals surface area contributed by atoms with Gasteiger partial charge in [-0.3, -0.25) is 0 Å². The van der Waals surface area contributed by atoms with Crippen LogP contribution in [0.25, 0.3) is 0 Å². The molecule has 0 aromatic carbocycles. The molecule has 1 rings (SSSR count). The van der Waals surface area contributed by atoms with Crippen molar-refractivity contribution in [2.75, 3.05) is 18.5 Å². The Morgan fingerprint density at radius 2 is 2.11 bits per heavy atom. The normalized spacial score (nSPS) is 13.4. The quantitative estimate of drug-likeness (QED) is 0.838. The lowest BCUT2D eigenvalue weighted by Gasteiger charge is -2.16. The number of anilines is 1. The average Bonchev–Trinajstić information content (AvgIpc) is 2.24. The first-order valence-electron chi connectivity index (χ1n) is 5.42. The summed E-state index contributed by atoms with van der Waals surface area (Å²) in [5, 5.41) is 2.61. The van der Waals surface area contributed by atoms with Gasteiger partial charge in [0.15, 0.2) is 0 Å². The van der Waals surface area contributed by atoms with Gasteiger partial charge in [0.2, 0.25) is 0 Å². The highest BCUT2D eigenvalue weighted by Crippen LogP contribution is 2.32. The maximum atomic E-state index is 12.5. The minimum Gasteiger partial charge on any atom is -0.380 e. The van der Waals surface area contributed by atoms with Crippen LogP contribution in [0.3, 0.4) is 0 Å². The molecule has 1 heterocycles. The fraction of sp³-hybridized carbons (Fsp3) is 0.545. The topological polar surface area (TPSA) is 34.1 Å². The molecule has 102 valence electrons. The number of ether oxygens (including phenoxy) is 1. The summed E-state index contributed by atoms with van der Waals surface area (Å²) < 4.78 is 42.8. The molecule has 0 saturated carbocycles. The van der Waals surface area contributed by atoms with Crippen LogP contribution in [0.15, 0.2) is 12.1 Å². The first-order chi connectivity index (χ1) is 8.32. The Kier molecular flexibility index (Phi) is 5.22. The summed E-state index contributed by atoms with van der Waals surface area (Å²) in [6.45, 7) is 4.55. The van der Waals surface area contributed by atoms with Crippen LogP contribution in [0.5, 0.6) is 0 Å². The zero-order valence-corrected chi connectivity index (χ0v) is 10.8. The first kappa shape index (κ1) is 15.0. The largest absolute Gasteiger partial charge is 0.416 e. The molecule has 0 saturated heterocycles. The van der Waals surface area contributed by atoms with Gasteiger partial charge in [-0.2, -0.15) is 13.2 Å². The van der Waals surface area contributed by atoms with E-state index in [-0.39, 0.29) is 17.0 Å². The number of rotatable bonds is 5. The van der Waals surface area contributed by atoms with Gasteiger partial charge < -0.3 is 10.1 Å². The molecule has 1 unspecified atom stereocenters. The number of pyridine rings is 1. The summed E-state index contributed by atoms with van der Waals surface area (Å²) in [6.07, 6.45) is -4.44. The highest BCUT2D eigenvalue weighted by atomic mass is 35.5. The fourth-order valence-electron chi connectivity index (χ4n) is 1.32. The van der Waals surface area contributed by atoms with E-state index in [1.165, 1.54) is 0 Å². The van der Waals surface area contributed by atoms with E-state index >= 15 is 0 Å². The molecular weight excluding hydrogens is 269 g/mol.